The number of aryl methyl sites for hydroxylation is 1. The number of hydrogen-bond donors (Lipinski definition) is 1. The number of thiazole rings is 1. The van der Waals surface area contributed by atoms with Crippen LogP contribution in [-0.2, 0) is 12.6 Å². The molecule has 2 aromatic heterocycles. The van der Waals surface area contributed by atoms with Crippen LogP contribution < -0.4 is 16.0 Å². The first-order chi connectivity index (χ1) is 18.9. The van der Waals surface area contributed by atoms with Gasteiger partial charge in [0.25, 0.3) is 5.56 Å². The molecule has 40 heavy (non-hydrogen) atoms. The number of methoxy groups -OCH3 is 1. The van der Waals surface area contributed by atoms with Crippen LogP contribution in [0.5, 0.6) is 5.75 Å². The fourth-order valence-electron chi connectivity index (χ4n) is 5.05. The summed E-state index contributed by atoms with van der Waals surface area (Å²) in [6.07, 6.45) is -3.60. The lowest BCUT2D eigenvalue weighted by atomic mass is 9.92. The van der Waals surface area contributed by atoms with Gasteiger partial charge in [-0.3, -0.25) is 9.36 Å². The van der Waals surface area contributed by atoms with Crippen LogP contribution in [0.4, 0.5) is 22.0 Å². The Kier molecular flexibility index (Phi) is 7.53. The summed E-state index contributed by atoms with van der Waals surface area (Å²) in [6.45, 7) is 3.41. The van der Waals surface area contributed by atoms with Crippen LogP contribution in [0.1, 0.15) is 44.2 Å². The Labute approximate surface area is 234 Å². The van der Waals surface area contributed by atoms with E-state index >= 15 is 4.39 Å². The molecule has 1 unspecified atom stereocenters. The van der Waals surface area contributed by atoms with Crippen LogP contribution in [0.3, 0.4) is 0 Å². The molecule has 0 amide bonds. The van der Waals surface area contributed by atoms with E-state index in [9.17, 15) is 22.4 Å². The van der Waals surface area contributed by atoms with E-state index in [0.717, 1.165) is 23.1 Å². The number of halogens is 5. The molecule has 0 fully saturated rings. The van der Waals surface area contributed by atoms with Crippen molar-refractivity contribution in [2.24, 2.45) is 5.73 Å². The van der Waals surface area contributed by atoms with Crippen LogP contribution in [0.25, 0.3) is 11.1 Å². The minimum Gasteiger partial charge on any atom is -0.494 e. The van der Waals surface area contributed by atoms with Crippen molar-refractivity contribution >= 4 is 23.1 Å². The number of aromatic nitrogens is 2. The number of ether oxygens (including phenoxy) is 1. The highest BCUT2D eigenvalue weighted by Crippen LogP contribution is 2.45. The topological polar surface area (TPSA) is 70.1 Å². The fraction of sp³-hybridized carbons (Fsp3) is 0.286. The van der Waals surface area contributed by atoms with E-state index in [0.29, 0.717) is 21.3 Å². The number of alkyl halides is 3. The van der Waals surface area contributed by atoms with Crippen molar-refractivity contribution in [1.29, 1.82) is 0 Å². The molecular weight excluding hydrogens is 569 g/mol. The quantitative estimate of drug-likeness (QED) is 0.248. The van der Waals surface area contributed by atoms with Crippen LogP contribution in [0, 0.1) is 25.5 Å². The summed E-state index contributed by atoms with van der Waals surface area (Å²) < 4.78 is 78.7. The Morgan fingerprint density at radius 2 is 1.88 bits per heavy atom. The lowest BCUT2D eigenvalue weighted by molar-refractivity contribution is -0.138. The second-order valence-electron chi connectivity index (χ2n) is 9.43. The zero-order valence-electron chi connectivity index (χ0n) is 21.6. The SMILES string of the molecule is COc1cccc(-c2c(C)c(Cc3c(F)cccc3C(F)(F)F)c3n(c2=O)[C@@H](C(N)c2ncc(C)s2)CS3)c1F. The van der Waals surface area contributed by atoms with E-state index in [1.807, 2.05) is 6.92 Å². The summed E-state index contributed by atoms with van der Waals surface area (Å²) in [4.78, 5) is 19.4. The van der Waals surface area contributed by atoms with Gasteiger partial charge in [0.15, 0.2) is 11.6 Å². The number of pyridine rings is 1. The zero-order valence-corrected chi connectivity index (χ0v) is 23.2. The van der Waals surface area contributed by atoms with Crippen molar-refractivity contribution in [1.82, 2.24) is 9.55 Å². The molecule has 0 spiro atoms. The van der Waals surface area contributed by atoms with E-state index < -0.39 is 53.0 Å². The van der Waals surface area contributed by atoms with Gasteiger partial charge in [-0.25, -0.2) is 13.8 Å². The van der Waals surface area contributed by atoms with Crippen molar-refractivity contribution in [2.45, 2.75) is 43.6 Å². The van der Waals surface area contributed by atoms with Gasteiger partial charge in [0.1, 0.15) is 10.8 Å². The predicted octanol–water partition coefficient (Wildman–Crippen LogP) is 6.83. The number of benzene rings is 2. The highest BCUT2D eigenvalue weighted by Gasteiger charge is 2.38. The van der Waals surface area contributed by atoms with Gasteiger partial charge < -0.3 is 10.5 Å². The van der Waals surface area contributed by atoms with Crippen molar-refractivity contribution in [3.8, 4) is 16.9 Å². The third kappa shape index (κ3) is 4.82. The van der Waals surface area contributed by atoms with Gasteiger partial charge in [-0.1, -0.05) is 18.2 Å². The summed E-state index contributed by atoms with van der Waals surface area (Å²) in [5, 5.41) is 0.965. The first-order valence-electron chi connectivity index (χ1n) is 12.2. The molecule has 1 aliphatic heterocycles. The van der Waals surface area contributed by atoms with Crippen LogP contribution >= 0.6 is 23.1 Å². The predicted molar refractivity (Wildman–Crippen MR) is 145 cm³/mol. The maximum atomic E-state index is 15.5. The summed E-state index contributed by atoms with van der Waals surface area (Å²) in [6, 6.07) is 5.79. The van der Waals surface area contributed by atoms with Gasteiger partial charge in [0.05, 0.1) is 35.3 Å². The smallest absolute Gasteiger partial charge is 0.416 e. The van der Waals surface area contributed by atoms with Gasteiger partial charge in [-0.2, -0.15) is 13.2 Å². The molecule has 2 N–H and O–H groups in total. The van der Waals surface area contributed by atoms with E-state index in [4.69, 9.17) is 10.5 Å². The Bertz CT molecular complexity index is 1670. The molecule has 12 heteroatoms. The number of thioether (sulfide) groups is 1. The molecular formula is C28H24F5N3O2S2. The molecule has 5 rings (SSSR count). The van der Waals surface area contributed by atoms with Crippen LogP contribution in [0.15, 0.2) is 52.4 Å². The summed E-state index contributed by atoms with van der Waals surface area (Å²) in [5.74, 6) is -1.59. The third-order valence-corrected chi connectivity index (χ3v) is 9.27. The second-order valence-corrected chi connectivity index (χ2v) is 11.7. The molecule has 2 aromatic carbocycles. The maximum absolute atomic E-state index is 15.5. The van der Waals surface area contributed by atoms with Crippen molar-refractivity contribution in [3.63, 3.8) is 0 Å². The van der Waals surface area contributed by atoms with Crippen molar-refractivity contribution < 1.29 is 26.7 Å². The fourth-order valence-corrected chi connectivity index (χ4v) is 7.33. The summed E-state index contributed by atoms with van der Waals surface area (Å²) >= 11 is 2.63. The average molecular weight is 594 g/mol. The Morgan fingerprint density at radius 3 is 2.52 bits per heavy atom. The normalized spacial score (nSPS) is 15.8. The molecule has 0 bridgehead atoms. The monoisotopic (exact) mass is 593 g/mol. The van der Waals surface area contributed by atoms with Crippen molar-refractivity contribution in [2.75, 3.05) is 12.9 Å². The summed E-state index contributed by atoms with van der Waals surface area (Å²) in [5.41, 5.74) is 4.80. The highest BCUT2D eigenvalue weighted by atomic mass is 32.2. The lowest BCUT2D eigenvalue weighted by Gasteiger charge is -2.24. The Morgan fingerprint density at radius 1 is 1.15 bits per heavy atom. The molecule has 3 heterocycles. The van der Waals surface area contributed by atoms with Crippen LogP contribution in [0.2, 0.25) is 0 Å². The third-order valence-electron chi connectivity index (χ3n) is 7.03. The van der Waals surface area contributed by atoms with E-state index in [2.05, 4.69) is 4.98 Å². The largest absolute Gasteiger partial charge is 0.494 e. The standard InChI is InChI=1S/C28H24F5N3O2S2/c1-13-11-35-25(40-13)24(34)20-12-39-27-16(10-17-18(28(31,32)33)7-5-8-19(17)29)14(2)22(26(37)36(20)27)15-6-4-9-21(38-3)23(15)30/h4-9,11,20,24H,10,12,34H2,1-3H3/t20-,24?/m1/s1. The summed E-state index contributed by atoms with van der Waals surface area (Å²) in [7, 11) is 1.29. The molecule has 4 aromatic rings. The van der Waals surface area contributed by atoms with E-state index in [1.165, 1.54) is 59.9 Å². The minimum atomic E-state index is -4.80. The molecule has 0 saturated carbocycles. The molecule has 2 atom stereocenters. The van der Waals surface area contributed by atoms with Gasteiger partial charge in [-0.15, -0.1) is 23.1 Å². The van der Waals surface area contributed by atoms with Gasteiger partial charge in [0.2, 0.25) is 0 Å². The number of nitrogens with zero attached hydrogens (tertiary/aromatic N) is 2. The van der Waals surface area contributed by atoms with E-state index in [1.54, 1.807) is 6.20 Å². The Hall–Kier alpha value is -3.22. The van der Waals surface area contributed by atoms with Gasteiger partial charge in [-0.05, 0) is 43.2 Å². The average Bonchev–Trinajstić information content (AvgIpc) is 3.54. The number of nitrogens with two attached hydrogens (primary N) is 1. The van der Waals surface area contributed by atoms with Gasteiger partial charge >= 0.3 is 6.18 Å². The molecule has 0 saturated heterocycles. The van der Waals surface area contributed by atoms with E-state index in [-0.39, 0.29) is 22.4 Å². The number of hydrogen-bond acceptors (Lipinski definition) is 6. The molecule has 5 nitrogen and oxygen atoms in total. The van der Waals surface area contributed by atoms with Crippen LogP contribution in [-0.4, -0.2) is 22.4 Å². The molecule has 210 valence electrons. The highest BCUT2D eigenvalue weighted by molar-refractivity contribution is 7.99. The van der Waals surface area contributed by atoms with Gasteiger partial charge in [0, 0.05) is 34.4 Å². The second kappa shape index (κ2) is 10.6. The van der Waals surface area contributed by atoms with Crippen molar-refractivity contribution in [3.05, 3.63) is 96.7 Å². The minimum absolute atomic E-state index is 0.0462. The lowest BCUT2D eigenvalue weighted by Crippen LogP contribution is -2.33. The Balaban J connectivity index is 1.79. The molecule has 1 aliphatic rings. The number of fused-ring (bicyclic) bond motifs is 1. The first-order valence-corrected chi connectivity index (χ1v) is 14.0. The zero-order chi connectivity index (χ0) is 28.9. The maximum Gasteiger partial charge on any atom is 0.416 e. The number of rotatable bonds is 6. The molecule has 0 radical (unpaired) electrons. The first kappa shape index (κ1) is 28.3. The molecule has 0 aliphatic carbocycles.